The van der Waals surface area contributed by atoms with Crippen molar-refractivity contribution in [1.29, 1.82) is 0 Å². The zero-order valence-corrected chi connectivity index (χ0v) is 16.6. The number of amides is 1. The first-order valence-corrected chi connectivity index (χ1v) is 10.1. The number of amidine groups is 1. The lowest BCUT2D eigenvalue weighted by Crippen LogP contribution is -2.30. The molecule has 0 aliphatic carbocycles. The van der Waals surface area contributed by atoms with Crippen molar-refractivity contribution < 1.29 is 14.6 Å². The number of rotatable bonds is 9. The molecular formula is C20H28N2O3S. The Labute approximate surface area is 160 Å². The summed E-state index contributed by atoms with van der Waals surface area (Å²) in [6.45, 7) is 8.03. The minimum atomic E-state index is 0.00438. The van der Waals surface area contributed by atoms with Crippen LogP contribution >= 0.6 is 11.8 Å². The molecule has 1 amide bonds. The Morgan fingerprint density at radius 1 is 1.23 bits per heavy atom. The van der Waals surface area contributed by atoms with Crippen LogP contribution in [0.3, 0.4) is 0 Å². The largest absolute Gasteiger partial charge is 0.504 e. The van der Waals surface area contributed by atoms with Crippen molar-refractivity contribution in [3.8, 4) is 11.5 Å². The zero-order valence-electron chi connectivity index (χ0n) is 15.8. The minimum absolute atomic E-state index is 0.00438. The Kier molecular flexibility index (Phi) is 8.04. The molecule has 0 bridgehead atoms. The number of ether oxygens (including phenoxy) is 1. The van der Waals surface area contributed by atoms with Crippen molar-refractivity contribution in [3.63, 3.8) is 0 Å². The van der Waals surface area contributed by atoms with Crippen LogP contribution in [0.4, 0.5) is 0 Å². The Balaban J connectivity index is 2.25. The molecule has 6 heteroatoms. The SMILES string of the molecule is CCCCN=C1S/C(=C\c2ccc(O)c(OCC)c2)C(=O)N1CCCC. The predicted octanol–water partition coefficient (Wildman–Crippen LogP) is 4.66. The first-order valence-electron chi connectivity index (χ1n) is 9.32. The van der Waals surface area contributed by atoms with E-state index in [0.29, 0.717) is 23.8 Å². The highest BCUT2D eigenvalue weighted by Gasteiger charge is 2.32. The standard InChI is InChI=1S/C20H28N2O3S/c1-4-7-11-21-20-22(12-8-5-2)19(24)18(26-20)14-15-9-10-16(23)17(13-15)25-6-3/h9-10,13-14,23H,4-8,11-12H2,1-3H3/b18-14-,21-20?. The normalized spacial score (nSPS) is 17.5. The molecule has 142 valence electrons. The van der Waals surface area contributed by atoms with Crippen LogP contribution in [0.2, 0.25) is 0 Å². The van der Waals surface area contributed by atoms with Crippen LogP contribution in [-0.4, -0.2) is 40.8 Å². The predicted molar refractivity (Wildman–Crippen MR) is 109 cm³/mol. The second-order valence-corrected chi connectivity index (χ2v) is 7.11. The quantitative estimate of drug-likeness (QED) is 0.503. The summed E-state index contributed by atoms with van der Waals surface area (Å²) in [6.07, 6.45) is 5.94. The summed E-state index contributed by atoms with van der Waals surface area (Å²) in [5.74, 6) is 0.535. The number of phenols is 1. The third-order valence-electron chi connectivity index (χ3n) is 3.96. The molecule has 1 saturated heterocycles. The van der Waals surface area contributed by atoms with Crippen molar-refractivity contribution in [2.24, 2.45) is 4.99 Å². The van der Waals surface area contributed by atoms with Gasteiger partial charge in [0, 0.05) is 13.1 Å². The van der Waals surface area contributed by atoms with Crippen LogP contribution in [0.5, 0.6) is 11.5 Å². The molecule has 26 heavy (non-hydrogen) atoms. The van der Waals surface area contributed by atoms with Gasteiger partial charge in [-0.3, -0.25) is 14.7 Å². The van der Waals surface area contributed by atoms with Gasteiger partial charge in [-0.1, -0.05) is 32.8 Å². The fourth-order valence-corrected chi connectivity index (χ4v) is 3.54. The summed E-state index contributed by atoms with van der Waals surface area (Å²) in [6, 6.07) is 5.12. The Hall–Kier alpha value is -1.95. The fraction of sp³-hybridized carbons (Fsp3) is 0.500. The van der Waals surface area contributed by atoms with E-state index in [2.05, 4.69) is 18.8 Å². The Morgan fingerprint density at radius 3 is 2.69 bits per heavy atom. The van der Waals surface area contributed by atoms with Crippen molar-refractivity contribution >= 4 is 28.9 Å². The van der Waals surface area contributed by atoms with Gasteiger partial charge in [-0.15, -0.1) is 0 Å². The molecule has 1 aromatic rings. The molecule has 2 rings (SSSR count). The van der Waals surface area contributed by atoms with E-state index in [4.69, 9.17) is 4.74 Å². The number of aromatic hydroxyl groups is 1. The molecular weight excluding hydrogens is 348 g/mol. The van der Waals surface area contributed by atoms with Crippen LogP contribution in [0, 0.1) is 0 Å². The van der Waals surface area contributed by atoms with Crippen molar-refractivity contribution in [1.82, 2.24) is 4.90 Å². The number of unbranched alkanes of at least 4 members (excludes halogenated alkanes) is 2. The number of hydrogen-bond donors (Lipinski definition) is 1. The lowest BCUT2D eigenvalue weighted by atomic mass is 10.2. The van der Waals surface area contributed by atoms with Crippen molar-refractivity contribution in [3.05, 3.63) is 28.7 Å². The molecule has 1 heterocycles. The van der Waals surface area contributed by atoms with Crippen LogP contribution < -0.4 is 4.74 Å². The van der Waals surface area contributed by atoms with Gasteiger partial charge in [0.2, 0.25) is 0 Å². The highest BCUT2D eigenvalue weighted by atomic mass is 32.2. The van der Waals surface area contributed by atoms with E-state index in [-0.39, 0.29) is 11.7 Å². The lowest BCUT2D eigenvalue weighted by Gasteiger charge is -2.14. The number of nitrogens with zero attached hydrogens (tertiary/aromatic N) is 2. The van der Waals surface area contributed by atoms with Gasteiger partial charge in [0.1, 0.15) is 0 Å². The van der Waals surface area contributed by atoms with Gasteiger partial charge < -0.3 is 9.84 Å². The molecule has 5 nitrogen and oxygen atoms in total. The van der Waals surface area contributed by atoms with E-state index in [1.165, 1.54) is 11.8 Å². The molecule has 0 aromatic heterocycles. The fourth-order valence-electron chi connectivity index (χ4n) is 2.52. The summed E-state index contributed by atoms with van der Waals surface area (Å²) >= 11 is 1.43. The first kappa shape index (κ1) is 20.4. The number of hydrogen-bond acceptors (Lipinski definition) is 5. The van der Waals surface area contributed by atoms with Crippen LogP contribution in [0.15, 0.2) is 28.1 Å². The minimum Gasteiger partial charge on any atom is -0.504 e. The van der Waals surface area contributed by atoms with E-state index in [1.54, 1.807) is 23.1 Å². The van der Waals surface area contributed by atoms with Crippen molar-refractivity contribution in [2.75, 3.05) is 19.7 Å². The van der Waals surface area contributed by atoms with E-state index < -0.39 is 0 Å². The Bertz CT molecular complexity index is 686. The topological polar surface area (TPSA) is 62.1 Å². The molecule has 0 unspecified atom stereocenters. The zero-order chi connectivity index (χ0) is 18.9. The average molecular weight is 377 g/mol. The molecule has 1 aliphatic heterocycles. The highest BCUT2D eigenvalue weighted by molar-refractivity contribution is 8.18. The molecule has 0 radical (unpaired) electrons. The number of phenolic OH excluding ortho intramolecular Hbond substituents is 1. The molecule has 0 spiro atoms. The third kappa shape index (κ3) is 5.27. The van der Waals surface area contributed by atoms with Gasteiger partial charge in [0.25, 0.3) is 5.91 Å². The summed E-state index contributed by atoms with van der Waals surface area (Å²) in [5, 5.41) is 10.6. The van der Waals surface area contributed by atoms with Crippen LogP contribution in [0.1, 0.15) is 52.0 Å². The summed E-state index contributed by atoms with van der Waals surface area (Å²) in [4.78, 5) is 19.9. The van der Waals surface area contributed by atoms with E-state index in [0.717, 1.165) is 43.0 Å². The maximum absolute atomic E-state index is 12.8. The number of carbonyl (C=O) groups excluding carboxylic acids is 1. The first-order chi connectivity index (χ1) is 12.6. The monoisotopic (exact) mass is 376 g/mol. The van der Waals surface area contributed by atoms with Gasteiger partial charge in [-0.05, 0) is 55.3 Å². The second-order valence-electron chi connectivity index (χ2n) is 6.10. The number of carbonyl (C=O) groups is 1. The van der Waals surface area contributed by atoms with Crippen LogP contribution in [-0.2, 0) is 4.79 Å². The average Bonchev–Trinajstić information content (AvgIpc) is 2.91. The van der Waals surface area contributed by atoms with Gasteiger partial charge in [0.05, 0.1) is 11.5 Å². The summed E-state index contributed by atoms with van der Waals surface area (Å²) < 4.78 is 5.42. The Morgan fingerprint density at radius 2 is 2.00 bits per heavy atom. The number of benzene rings is 1. The van der Waals surface area contributed by atoms with Crippen LogP contribution in [0.25, 0.3) is 6.08 Å². The van der Waals surface area contributed by atoms with Gasteiger partial charge in [-0.2, -0.15) is 0 Å². The molecule has 1 fully saturated rings. The van der Waals surface area contributed by atoms with Gasteiger partial charge in [0.15, 0.2) is 16.7 Å². The molecule has 1 aliphatic rings. The smallest absolute Gasteiger partial charge is 0.266 e. The summed E-state index contributed by atoms with van der Waals surface area (Å²) in [7, 11) is 0. The molecule has 0 atom stereocenters. The third-order valence-corrected chi connectivity index (χ3v) is 5.01. The maximum atomic E-state index is 12.8. The number of thioether (sulfide) groups is 1. The lowest BCUT2D eigenvalue weighted by molar-refractivity contribution is -0.122. The molecule has 0 saturated carbocycles. The van der Waals surface area contributed by atoms with E-state index >= 15 is 0 Å². The number of aliphatic imine (C=N–C) groups is 1. The van der Waals surface area contributed by atoms with Gasteiger partial charge in [-0.25, -0.2) is 0 Å². The maximum Gasteiger partial charge on any atom is 0.266 e. The van der Waals surface area contributed by atoms with E-state index in [1.807, 2.05) is 13.0 Å². The van der Waals surface area contributed by atoms with E-state index in [9.17, 15) is 9.90 Å². The van der Waals surface area contributed by atoms with Gasteiger partial charge >= 0.3 is 0 Å². The highest BCUT2D eigenvalue weighted by Crippen LogP contribution is 2.34. The van der Waals surface area contributed by atoms with Crippen molar-refractivity contribution in [2.45, 2.75) is 46.5 Å². The second kappa shape index (κ2) is 10.3. The summed E-state index contributed by atoms with van der Waals surface area (Å²) in [5.41, 5.74) is 0.826. The molecule has 1 aromatic carbocycles. The molecule has 1 N–H and O–H groups in total.